The Hall–Kier alpha value is -3.24. The van der Waals surface area contributed by atoms with Crippen molar-refractivity contribution in [3.05, 3.63) is 81.4 Å². The maximum absolute atomic E-state index is 13.7. The van der Waals surface area contributed by atoms with Crippen LogP contribution in [-0.2, 0) is 17.8 Å². The van der Waals surface area contributed by atoms with Crippen LogP contribution in [0, 0.1) is 0 Å². The fourth-order valence-corrected chi connectivity index (χ4v) is 7.43. The van der Waals surface area contributed by atoms with Crippen molar-refractivity contribution in [2.75, 3.05) is 25.0 Å². The standard InChI is InChI=1S/C31H31Cl2N7OS/c1-2-38-13-9-20(10-14-38)19-5-7-21(8-6-19)22-16-24(32)23-17-40(37-27(23)26(22)33)29(30(41)36-31-34-11-15-42-31)28-25-4-3-12-39(25)18-35-28/h5-8,11,15-18,20,29H,2-4,9-10,12-14H2,1H3,(H,34,36,41). The third-order valence-corrected chi connectivity index (χ3v) is 10.0. The first-order valence-electron chi connectivity index (χ1n) is 14.4. The molecule has 216 valence electrons. The molecule has 1 amide bonds. The number of benzene rings is 2. The van der Waals surface area contributed by atoms with Crippen LogP contribution in [0.1, 0.15) is 55.1 Å². The van der Waals surface area contributed by atoms with Crippen LogP contribution in [0.5, 0.6) is 0 Å². The minimum absolute atomic E-state index is 0.265. The highest BCUT2D eigenvalue weighted by molar-refractivity contribution is 7.13. The molecule has 3 aromatic heterocycles. The molecule has 1 fully saturated rings. The fourth-order valence-electron chi connectivity index (χ4n) is 6.35. The number of piperidine rings is 1. The second-order valence-corrected chi connectivity index (χ2v) is 12.7. The number of amides is 1. The molecule has 1 N–H and O–H groups in total. The molecule has 8 nitrogen and oxygen atoms in total. The van der Waals surface area contributed by atoms with Gasteiger partial charge in [0.25, 0.3) is 5.91 Å². The lowest BCUT2D eigenvalue weighted by molar-refractivity contribution is -0.118. The summed E-state index contributed by atoms with van der Waals surface area (Å²) in [7, 11) is 0. The lowest BCUT2D eigenvalue weighted by Crippen LogP contribution is -2.32. The van der Waals surface area contributed by atoms with Crippen LogP contribution < -0.4 is 5.32 Å². The maximum atomic E-state index is 13.7. The van der Waals surface area contributed by atoms with Gasteiger partial charge in [-0.1, -0.05) is 54.4 Å². The average Bonchev–Trinajstić information content (AvgIpc) is 3.82. The molecule has 1 atom stereocenters. The Morgan fingerprint density at radius 1 is 1.14 bits per heavy atom. The van der Waals surface area contributed by atoms with Gasteiger partial charge in [0.15, 0.2) is 11.2 Å². The number of imidazole rings is 1. The van der Waals surface area contributed by atoms with Gasteiger partial charge in [0.2, 0.25) is 0 Å². The van der Waals surface area contributed by atoms with E-state index in [4.69, 9.17) is 28.3 Å². The van der Waals surface area contributed by atoms with Crippen molar-refractivity contribution in [1.82, 2.24) is 29.2 Å². The molecule has 42 heavy (non-hydrogen) atoms. The van der Waals surface area contributed by atoms with E-state index in [1.807, 2.05) is 11.4 Å². The normalized spacial score (nSPS) is 16.6. The highest BCUT2D eigenvalue weighted by atomic mass is 35.5. The molecule has 0 saturated carbocycles. The number of aryl methyl sites for hydroxylation is 1. The van der Waals surface area contributed by atoms with Gasteiger partial charge in [-0.25, -0.2) is 9.97 Å². The van der Waals surface area contributed by atoms with Crippen molar-refractivity contribution < 1.29 is 4.79 Å². The van der Waals surface area contributed by atoms with Gasteiger partial charge >= 0.3 is 0 Å². The third kappa shape index (κ3) is 5.02. The molecule has 1 unspecified atom stereocenters. The van der Waals surface area contributed by atoms with E-state index in [0.717, 1.165) is 55.8 Å². The summed E-state index contributed by atoms with van der Waals surface area (Å²) in [6.45, 7) is 6.53. The van der Waals surface area contributed by atoms with Crippen molar-refractivity contribution in [1.29, 1.82) is 0 Å². The molecule has 7 rings (SSSR count). The van der Waals surface area contributed by atoms with Gasteiger partial charge in [-0.15, -0.1) is 11.3 Å². The number of aromatic nitrogens is 5. The van der Waals surface area contributed by atoms with Crippen LogP contribution in [0.15, 0.2) is 54.4 Å². The molecule has 1 saturated heterocycles. The first-order chi connectivity index (χ1) is 20.5. The third-order valence-electron chi connectivity index (χ3n) is 8.66. The molecular formula is C31H31Cl2N7OS. The zero-order chi connectivity index (χ0) is 28.8. The molecule has 2 aliphatic heterocycles. The number of nitrogens with one attached hydrogen (secondary N) is 1. The van der Waals surface area contributed by atoms with Gasteiger partial charge in [0.1, 0.15) is 5.52 Å². The number of hydrogen-bond donors (Lipinski definition) is 1. The van der Waals surface area contributed by atoms with Crippen LogP contribution in [-0.4, -0.2) is 54.8 Å². The highest BCUT2D eigenvalue weighted by Crippen LogP contribution is 2.40. The van der Waals surface area contributed by atoms with E-state index < -0.39 is 6.04 Å². The summed E-state index contributed by atoms with van der Waals surface area (Å²) in [6.07, 6.45) is 9.50. The fraction of sp³-hybridized carbons (Fsp3) is 0.355. The molecule has 5 heterocycles. The monoisotopic (exact) mass is 619 g/mol. The number of carbonyl (C=O) groups excluding carboxylic acids is 1. The Morgan fingerprint density at radius 2 is 1.95 bits per heavy atom. The van der Waals surface area contributed by atoms with Crippen LogP contribution in [0.4, 0.5) is 5.13 Å². The molecule has 0 spiro atoms. The van der Waals surface area contributed by atoms with Crippen molar-refractivity contribution >= 4 is 56.5 Å². The number of halogens is 2. The molecule has 0 bridgehead atoms. The van der Waals surface area contributed by atoms with E-state index in [9.17, 15) is 4.79 Å². The molecule has 11 heteroatoms. The van der Waals surface area contributed by atoms with Crippen LogP contribution >= 0.6 is 34.5 Å². The topological polar surface area (TPSA) is 80.9 Å². The first kappa shape index (κ1) is 27.6. The van der Waals surface area contributed by atoms with Gasteiger partial charge in [0, 0.05) is 41.0 Å². The molecule has 0 radical (unpaired) electrons. The summed E-state index contributed by atoms with van der Waals surface area (Å²) in [5.41, 5.74) is 5.45. The zero-order valence-electron chi connectivity index (χ0n) is 23.3. The predicted octanol–water partition coefficient (Wildman–Crippen LogP) is 7.04. The Balaban J connectivity index is 1.24. The van der Waals surface area contributed by atoms with Gasteiger partial charge in [-0.2, -0.15) is 5.10 Å². The molecule has 0 aliphatic carbocycles. The number of fused-ring (bicyclic) bond motifs is 2. The van der Waals surface area contributed by atoms with Crippen LogP contribution in [0.25, 0.3) is 22.0 Å². The molecule has 5 aromatic rings. The number of likely N-dealkylation sites (tertiary alicyclic amines) is 1. The van der Waals surface area contributed by atoms with Gasteiger partial charge in [0.05, 0.1) is 22.1 Å². The zero-order valence-corrected chi connectivity index (χ0v) is 25.6. The minimum atomic E-state index is -0.801. The van der Waals surface area contributed by atoms with Gasteiger partial charge < -0.3 is 9.47 Å². The second-order valence-electron chi connectivity index (χ2n) is 11.0. The lowest BCUT2D eigenvalue weighted by atomic mass is 9.88. The van der Waals surface area contributed by atoms with E-state index >= 15 is 0 Å². The van der Waals surface area contributed by atoms with E-state index in [-0.39, 0.29) is 5.91 Å². The maximum Gasteiger partial charge on any atom is 0.257 e. The Morgan fingerprint density at radius 3 is 2.69 bits per heavy atom. The van der Waals surface area contributed by atoms with Crippen molar-refractivity contribution in [3.63, 3.8) is 0 Å². The minimum Gasteiger partial charge on any atom is -0.334 e. The number of nitrogens with zero attached hydrogens (tertiary/aromatic N) is 6. The molecular weight excluding hydrogens is 589 g/mol. The predicted molar refractivity (Wildman–Crippen MR) is 169 cm³/mol. The van der Waals surface area contributed by atoms with Crippen molar-refractivity contribution in [2.24, 2.45) is 0 Å². The number of thiazole rings is 1. The smallest absolute Gasteiger partial charge is 0.257 e. The summed E-state index contributed by atoms with van der Waals surface area (Å²) in [4.78, 5) is 25.1. The van der Waals surface area contributed by atoms with Gasteiger partial charge in [-0.3, -0.25) is 14.8 Å². The first-order valence-corrected chi connectivity index (χ1v) is 16.1. The Kier molecular flexibility index (Phi) is 7.52. The molecule has 2 aliphatic rings. The summed E-state index contributed by atoms with van der Waals surface area (Å²) in [5, 5.41) is 11.9. The van der Waals surface area contributed by atoms with E-state index in [1.165, 1.54) is 29.7 Å². The van der Waals surface area contributed by atoms with E-state index in [2.05, 4.69) is 55.9 Å². The number of rotatable bonds is 7. The lowest BCUT2D eigenvalue weighted by Gasteiger charge is -2.31. The quantitative estimate of drug-likeness (QED) is 0.211. The molecule has 2 aromatic carbocycles. The Labute approximate surface area is 258 Å². The summed E-state index contributed by atoms with van der Waals surface area (Å²) in [6, 6.07) is 9.78. The summed E-state index contributed by atoms with van der Waals surface area (Å²) >= 11 is 15.2. The highest BCUT2D eigenvalue weighted by Gasteiger charge is 2.32. The SMILES string of the molecule is CCN1CCC(c2ccc(-c3cc(Cl)c4cn(C(C(=O)Nc5nccs5)c5ncn6c5CCC6)nc4c3Cl)cc2)CC1. The summed E-state index contributed by atoms with van der Waals surface area (Å²) in [5.74, 6) is 0.315. The largest absolute Gasteiger partial charge is 0.334 e. The number of hydrogen-bond acceptors (Lipinski definition) is 6. The number of anilines is 1. The van der Waals surface area contributed by atoms with Gasteiger partial charge in [-0.05, 0) is 68.4 Å². The second kappa shape index (κ2) is 11.4. The van der Waals surface area contributed by atoms with Crippen molar-refractivity contribution in [3.8, 4) is 11.1 Å². The van der Waals surface area contributed by atoms with Crippen molar-refractivity contribution in [2.45, 2.75) is 51.1 Å². The van der Waals surface area contributed by atoms with Crippen LogP contribution in [0.2, 0.25) is 10.0 Å². The van der Waals surface area contributed by atoms with E-state index in [1.54, 1.807) is 23.4 Å². The average molecular weight is 621 g/mol. The number of carbonyl (C=O) groups is 1. The van der Waals surface area contributed by atoms with Crippen LogP contribution in [0.3, 0.4) is 0 Å². The van der Waals surface area contributed by atoms with E-state index in [0.29, 0.717) is 37.7 Å². The summed E-state index contributed by atoms with van der Waals surface area (Å²) < 4.78 is 3.75. The Bertz CT molecular complexity index is 1740.